The predicted octanol–water partition coefficient (Wildman–Crippen LogP) is 4.19. The van der Waals surface area contributed by atoms with Crippen LogP contribution in [0.4, 0.5) is 13.2 Å². The quantitative estimate of drug-likeness (QED) is 0.758. The Kier molecular flexibility index (Phi) is 3.16. The molecule has 2 rings (SSSR count). The maximum absolute atomic E-state index is 13.3. The molecule has 0 fully saturated rings. The van der Waals surface area contributed by atoms with Gasteiger partial charge in [0, 0.05) is 5.56 Å². The molecule has 0 bridgehead atoms. The monoisotopic (exact) mass is 268 g/mol. The fourth-order valence-corrected chi connectivity index (χ4v) is 1.94. The number of alkyl halides is 3. The lowest BCUT2D eigenvalue weighted by Gasteiger charge is -2.21. The van der Waals surface area contributed by atoms with Gasteiger partial charge >= 0.3 is 6.18 Å². The Morgan fingerprint density at radius 2 is 1.58 bits per heavy atom. The average molecular weight is 268 g/mol. The van der Waals surface area contributed by atoms with E-state index in [1.165, 1.54) is 6.20 Å². The molecule has 0 aliphatic rings. The summed E-state index contributed by atoms with van der Waals surface area (Å²) in [5.41, 5.74) is -0.710. The molecule has 1 heterocycles. The summed E-state index contributed by atoms with van der Waals surface area (Å²) in [7, 11) is 0. The highest BCUT2D eigenvalue weighted by Crippen LogP contribution is 2.38. The number of halogens is 3. The van der Waals surface area contributed by atoms with Crippen molar-refractivity contribution in [3.05, 3.63) is 47.8 Å². The first kappa shape index (κ1) is 13.6. The molecule has 0 spiro atoms. The third kappa shape index (κ3) is 2.64. The van der Waals surface area contributed by atoms with Crippen molar-refractivity contribution in [1.29, 1.82) is 0 Å². The van der Waals surface area contributed by atoms with E-state index in [0.717, 1.165) is 4.68 Å². The van der Waals surface area contributed by atoms with Crippen molar-refractivity contribution in [1.82, 2.24) is 9.78 Å². The maximum Gasteiger partial charge on any atom is 0.433 e. The lowest BCUT2D eigenvalue weighted by molar-refractivity contribution is -0.143. The first-order chi connectivity index (χ1) is 8.71. The first-order valence-electron chi connectivity index (χ1n) is 5.92. The Bertz CT molecular complexity index is 563. The maximum atomic E-state index is 13.3. The van der Waals surface area contributed by atoms with E-state index in [4.69, 9.17) is 0 Å². The lowest BCUT2D eigenvalue weighted by Crippen LogP contribution is -2.21. The van der Waals surface area contributed by atoms with E-state index in [1.54, 1.807) is 51.1 Å². The van der Waals surface area contributed by atoms with Crippen LogP contribution in [0.1, 0.15) is 32.0 Å². The van der Waals surface area contributed by atoms with Gasteiger partial charge in [-0.1, -0.05) is 39.0 Å². The van der Waals surface area contributed by atoms with Crippen LogP contribution in [0.25, 0.3) is 5.69 Å². The van der Waals surface area contributed by atoms with Crippen LogP contribution in [0.2, 0.25) is 0 Å². The van der Waals surface area contributed by atoms with Crippen molar-refractivity contribution in [2.45, 2.75) is 32.4 Å². The number of rotatable bonds is 1. The molecule has 5 heteroatoms. The van der Waals surface area contributed by atoms with Crippen LogP contribution >= 0.6 is 0 Å². The molecule has 0 saturated heterocycles. The molecule has 0 aliphatic heterocycles. The van der Waals surface area contributed by atoms with Crippen molar-refractivity contribution >= 4 is 0 Å². The minimum atomic E-state index is -4.44. The molecule has 2 nitrogen and oxygen atoms in total. The van der Waals surface area contributed by atoms with Crippen LogP contribution in [0.15, 0.2) is 36.5 Å². The molecule has 1 aromatic heterocycles. The second-order valence-corrected chi connectivity index (χ2v) is 5.40. The minimum Gasteiger partial charge on any atom is -0.228 e. The summed E-state index contributed by atoms with van der Waals surface area (Å²) in [6.07, 6.45) is -3.13. The Labute approximate surface area is 109 Å². The summed E-state index contributed by atoms with van der Waals surface area (Å²) in [6, 6.07) is 8.34. The van der Waals surface area contributed by atoms with Crippen LogP contribution in [0.3, 0.4) is 0 Å². The smallest absolute Gasteiger partial charge is 0.228 e. The van der Waals surface area contributed by atoms with Gasteiger partial charge in [-0.25, -0.2) is 4.68 Å². The SMILES string of the molecule is CC(C)(C)c1cnn(-c2ccccc2)c1C(F)(F)F. The zero-order valence-corrected chi connectivity index (χ0v) is 11.0. The molecule has 0 radical (unpaired) electrons. The fourth-order valence-electron chi connectivity index (χ4n) is 1.94. The zero-order valence-electron chi connectivity index (χ0n) is 11.0. The van der Waals surface area contributed by atoms with Crippen LogP contribution in [-0.2, 0) is 11.6 Å². The Morgan fingerprint density at radius 1 is 1.00 bits per heavy atom. The van der Waals surface area contributed by atoms with Crippen molar-refractivity contribution in [3.8, 4) is 5.69 Å². The minimum absolute atomic E-state index is 0.198. The third-order valence-electron chi connectivity index (χ3n) is 2.85. The molecule has 0 aliphatic carbocycles. The Hall–Kier alpha value is -1.78. The van der Waals surface area contributed by atoms with E-state index >= 15 is 0 Å². The normalized spacial score (nSPS) is 12.7. The van der Waals surface area contributed by atoms with E-state index in [-0.39, 0.29) is 5.56 Å². The molecule has 102 valence electrons. The van der Waals surface area contributed by atoms with E-state index in [0.29, 0.717) is 5.69 Å². The zero-order chi connectivity index (χ0) is 14.3. The number of para-hydroxylation sites is 1. The molecule has 19 heavy (non-hydrogen) atoms. The van der Waals surface area contributed by atoms with Crippen LogP contribution in [-0.4, -0.2) is 9.78 Å². The largest absolute Gasteiger partial charge is 0.433 e. The molecule has 0 unspecified atom stereocenters. The Balaban J connectivity index is 2.68. The summed E-state index contributed by atoms with van der Waals surface area (Å²) < 4.78 is 40.9. The van der Waals surface area contributed by atoms with E-state index < -0.39 is 17.3 Å². The number of aromatic nitrogens is 2. The first-order valence-corrected chi connectivity index (χ1v) is 5.92. The van der Waals surface area contributed by atoms with E-state index in [9.17, 15) is 13.2 Å². The molecule has 1 aromatic carbocycles. The summed E-state index contributed by atoms with van der Waals surface area (Å²) in [6.45, 7) is 5.23. The van der Waals surface area contributed by atoms with Gasteiger partial charge in [0.05, 0.1) is 11.9 Å². The van der Waals surface area contributed by atoms with Gasteiger partial charge in [-0.05, 0) is 17.5 Å². The van der Waals surface area contributed by atoms with Gasteiger partial charge in [-0.15, -0.1) is 0 Å². The van der Waals surface area contributed by atoms with Gasteiger partial charge in [0.15, 0.2) is 5.69 Å². The van der Waals surface area contributed by atoms with Crippen molar-refractivity contribution in [3.63, 3.8) is 0 Å². The molecule has 2 aromatic rings. The average Bonchev–Trinajstić information content (AvgIpc) is 2.74. The van der Waals surface area contributed by atoms with Gasteiger partial charge in [-0.3, -0.25) is 0 Å². The molecular weight excluding hydrogens is 253 g/mol. The molecule has 0 N–H and O–H groups in total. The summed E-state index contributed by atoms with van der Waals surface area (Å²) in [5.74, 6) is 0. The number of hydrogen-bond donors (Lipinski definition) is 0. The summed E-state index contributed by atoms with van der Waals surface area (Å²) >= 11 is 0. The van der Waals surface area contributed by atoms with Gasteiger partial charge < -0.3 is 0 Å². The van der Waals surface area contributed by atoms with E-state index in [1.807, 2.05) is 0 Å². The van der Waals surface area contributed by atoms with Crippen molar-refractivity contribution in [2.75, 3.05) is 0 Å². The lowest BCUT2D eigenvalue weighted by atomic mass is 9.87. The summed E-state index contributed by atoms with van der Waals surface area (Å²) in [5, 5.41) is 3.92. The molecule has 0 atom stereocenters. The highest BCUT2D eigenvalue weighted by atomic mass is 19.4. The third-order valence-corrected chi connectivity index (χ3v) is 2.85. The second-order valence-electron chi connectivity index (χ2n) is 5.40. The van der Waals surface area contributed by atoms with Gasteiger partial charge in [0.25, 0.3) is 0 Å². The van der Waals surface area contributed by atoms with Gasteiger partial charge in [0.2, 0.25) is 0 Å². The highest BCUT2D eigenvalue weighted by Gasteiger charge is 2.41. The number of hydrogen-bond acceptors (Lipinski definition) is 1. The Morgan fingerprint density at radius 3 is 2.05 bits per heavy atom. The predicted molar refractivity (Wildman–Crippen MR) is 67.3 cm³/mol. The highest BCUT2D eigenvalue weighted by molar-refractivity contribution is 5.38. The standard InChI is InChI=1S/C14H15F3N2/c1-13(2,3)11-9-18-19(12(11)14(15,16)17)10-7-5-4-6-8-10/h4-9H,1-3H3. The fraction of sp³-hybridized carbons (Fsp3) is 0.357. The van der Waals surface area contributed by atoms with Crippen molar-refractivity contribution in [2.24, 2.45) is 0 Å². The van der Waals surface area contributed by atoms with Crippen LogP contribution < -0.4 is 0 Å². The molecule has 0 saturated carbocycles. The van der Waals surface area contributed by atoms with Crippen LogP contribution in [0, 0.1) is 0 Å². The van der Waals surface area contributed by atoms with Crippen molar-refractivity contribution < 1.29 is 13.2 Å². The van der Waals surface area contributed by atoms with Crippen LogP contribution in [0.5, 0.6) is 0 Å². The van der Waals surface area contributed by atoms with Gasteiger partial charge in [0.1, 0.15) is 0 Å². The number of nitrogens with zero attached hydrogens (tertiary/aromatic N) is 2. The van der Waals surface area contributed by atoms with Gasteiger partial charge in [-0.2, -0.15) is 18.3 Å². The number of benzene rings is 1. The molecule has 0 amide bonds. The van der Waals surface area contributed by atoms with E-state index in [2.05, 4.69) is 5.10 Å². The topological polar surface area (TPSA) is 17.8 Å². The summed E-state index contributed by atoms with van der Waals surface area (Å²) in [4.78, 5) is 0. The second kappa shape index (κ2) is 4.40. The molecular formula is C14H15F3N2.